The Labute approximate surface area is 405 Å². The van der Waals surface area contributed by atoms with E-state index in [1.807, 2.05) is 11.3 Å². The van der Waals surface area contributed by atoms with Crippen molar-refractivity contribution in [3.63, 3.8) is 0 Å². The van der Waals surface area contributed by atoms with E-state index in [1.54, 1.807) is 0 Å². The number of benzene rings is 6. The van der Waals surface area contributed by atoms with E-state index in [9.17, 15) is 0 Å². The normalized spacial score (nSPS) is 13.5. The van der Waals surface area contributed by atoms with E-state index in [2.05, 4.69) is 244 Å². The van der Waals surface area contributed by atoms with E-state index >= 15 is 0 Å². The molecule has 0 atom stereocenters. The van der Waals surface area contributed by atoms with Crippen molar-refractivity contribution in [2.75, 3.05) is 0 Å². The molecule has 9 aromatic rings. The van der Waals surface area contributed by atoms with Crippen LogP contribution in [0.4, 0.5) is 0 Å². The van der Waals surface area contributed by atoms with E-state index in [0.717, 1.165) is 0 Å². The summed E-state index contributed by atoms with van der Waals surface area (Å²) in [5.74, 6) is 0. The Hall–Kier alpha value is -5.38. The van der Waals surface area contributed by atoms with Gasteiger partial charge in [0.2, 0.25) is 0 Å². The molecule has 3 heterocycles. The van der Waals surface area contributed by atoms with Gasteiger partial charge in [0.25, 0.3) is 0 Å². The van der Waals surface area contributed by atoms with Gasteiger partial charge in [-0.25, -0.2) is 0 Å². The topological polar surface area (TPSA) is 31.6 Å². The van der Waals surface area contributed by atoms with Crippen LogP contribution in [0.1, 0.15) is 158 Å². The number of nitrogens with one attached hydrogen (secondary N) is 2. The monoisotopic (exact) mass is 903 g/mol. The highest BCUT2D eigenvalue weighted by Crippen LogP contribution is 2.48. The Morgan fingerprint density at radius 1 is 0.269 bits per heavy atom. The second kappa shape index (κ2) is 15.6. The van der Waals surface area contributed by atoms with Gasteiger partial charge in [-0.15, -0.1) is 11.3 Å². The summed E-state index contributed by atoms with van der Waals surface area (Å²) in [6, 6.07) is 43.0. The van der Waals surface area contributed by atoms with Crippen LogP contribution in [0.15, 0.2) is 109 Å². The first-order valence-corrected chi connectivity index (χ1v) is 25.4. The molecule has 0 amide bonds. The van der Waals surface area contributed by atoms with Crippen LogP contribution in [-0.4, -0.2) is 9.97 Å². The fourth-order valence-electron chi connectivity index (χ4n) is 9.71. The molecule has 9 rings (SSSR count). The summed E-state index contributed by atoms with van der Waals surface area (Å²) in [7, 11) is 0. The van der Waals surface area contributed by atoms with Crippen LogP contribution in [0.5, 0.6) is 0 Å². The van der Waals surface area contributed by atoms with Crippen LogP contribution >= 0.6 is 11.3 Å². The van der Waals surface area contributed by atoms with Crippen molar-refractivity contribution in [3.05, 3.63) is 143 Å². The first-order valence-electron chi connectivity index (χ1n) is 24.6. The minimum Gasteiger partial charge on any atom is -0.353 e. The van der Waals surface area contributed by atoms with Gasteiger partial charge in [-0.2, -0.15) is 0 Å². The predicted molar refractivity (Wildman–Crippen MR) is 297 cm³/mol. The summed E-state index contributed by atoms with van der Waals surface area (Å²) in [5, 5.41) is 5.16. The van der Waals surface area contributed by atoms with Crippen molar-refractivity contribution in [1.29, 1.82) is 0 Å². The van der Waals surface area contributed by atoms with E-state index in [-0.39, 0.29) is 32.5 Å². The zero-order valence-electron chi connectivity index (χ0n) is 43.8. The minimum atomic E-state index is -0.0475. The lowest BCUT2D eigenvalue weighted by Gasteiger charge is -2.22. The zero-order valence-corrected chi connectivity index (χ0v) is 44.6. The van der Waals surface area contributed by atoms with E-state index in [1.165, 1.54) is 120 Å². The number of thiophene rings is 1. The van der Waals surface area contributed by atoms with Crippen molar-refractivity contribution in [3.8, 4) is 43.1 Å². The van der Waals surface area contributed by atoms with Crippen LogP contribution in [0.25, 0.3) is 86.7 Å². The predicted octanol–water partition coefficient (Wildman–Crippen LogP) is 19.5. The fraction of sp³-hybridized carbons (Fsp3) is 0.375. The van der Waals surface area contributed by atoms with Gasteiger partial charge in [0.15, 0.2) is 0 Å². The van der Waals surface area contributed by atoms with E-state index in [0.29, 0.717) is 0 Å². The first-order chi connectivity index (χ1) is 31.0. The first kappa shape index (κ1) is 46.7. The van der Waals surface area contributed by atoms with Gasteiger partial charge >= 0.3 is 0 Å². The highest BCUT2D eigenvalue weighted by Gasteiger charge is 2.27. The van der Waals surface area contributed by atoms with Crippen molar-refractivity contribution in [2.24, 2.45) is 0 Å². The average molecular weight is 903 g/mol. The highest BCUT2D eigenvalue weighted by atomic mass is 32.1. The Morgan fingerprint density at radius 2 is 0.507 bits per heavy atom. The third-order valence-electron chi connectivity index (χ3n) is 14.4. The van der Waals surface area contributed by atoms with Gasteiger partial charge in [-0.3, -0.25) is 0 Å². The van der Waals surface area contributed by atoms with E-state index in [4.69, 9.17) is 0 Å². The number of hydrogen-bond donors (Lipinski definition) is 2. The molecule has 67 heavy (non-hydrogen) atoms. The summed E-state index contributed by atoms with van der Waals surface area (Å²) < 4.78 is 0. The van der Waals surface area contributed by atoms with Crippen molar-refractivity contribution < 1.29 is 0 Å². The molecule has 6 aromatic carbocycles. The van der Waals surface area contributed by atoms with Crippen molar-refractivity contribution in [2.45, 2.75) is 157 Å². The lowest BCUT2D eigenvalue weighted by molar-refractivity contribution is 0.590. The molecule has 2 nitrogen and oxygen atoms in total. The molecule has 3 heteroatoms. The Balaban J connectivity index is 1.29. The maximum Gasteiger partial charge on any atom is 0.0553 e. The zero-order chi connectivity index (χ0) is 48.6. The largest absolute Gasteiger partial charge is 0.353 e. The molecule has 0 saturated heterocycles. The molecule has 0 bridgehead atoms. The number of fused-ring (bicyclic) bond motifs is 6. The second-order valence-electron chi connectivity index (χ2n) is 25.9. The molecule has 0 radical (unpaired) electrons. The maximum absolute atomic E-state index is 4.09. The molecule has 0 spiro atoms. The molecular formula is C64H74N2S. The van der Waals surface area contributed by atoms with E-state index < -0.39 is 0 Å². The van der Waals surface area contributed by atoms with Gasteiger partial charge in [-0.05, 0) is 138 Å². The standard InChI is InChI=1S/C64H74N2S/c1-59(2,3)39-23-19-37(20-24-39)45-29-41(61(7,8)9)31-47-49-33-43(63(13,14)15)35-51(57(49)65-55(45)47)53-27-28-54(67-53)52-36-44(64(16,17)18)34-50-48-32-42(62(10,11)12)30-46(56(48)66-58(50)52)38-21-25-40(26-22-38)60(4,5)6/h19-36,65-66H,1-18H3. The lowest BCUT2D eigenvalue weighted by Crippen LogP contribution is -2.11. The number of hydrogen-bond acceptors (Lipinski definition) is 1. The van der Waals surface area contributed by atoms with Gasteiger partial charge < -0.3 is 9.97 Å². The number of rotatable bonds is 4. The fourth-order valence-corrected chi connectivity index (χ4v) is 10.8. The van der Waals surface area contributed by atoms with Crippen molar-refractivity contribution >= 4 is 54.9 Å². The summed E-state index contributed by atoms with van der Waals surface area (Å²) in [6.45, 7) is 41.8. The molecule has 0 fully saturated rings. The van der Waals surface area contributed by atoms with Crippen LogP contribution in [0.2, 0.25) is 0 Å². The molecule has 0 saturated carbocycles. The third kappa shape index (κ3) is 8.60. The van der Waals surface area contributed by atoms with Gasteiger partial charge in [0, 0.05) is 53.6 Å². The quantitative estimate of drug-likeness (QED) is 0.176. The molecule has 0 unspecified atom stereocenters. The SMILES string of the molecule is CC(C)(C)c1ccc(-c2cc(C(C)(C)C)cc3c2[nH]c2c(-c4ccc(-c5cc(C(C)(C)C)cc6c5[nH]c5c(-c7ccc(C(C)(C)C)cc7)cc(C(C)(C)C)cc56)s4)cc(C(C)(C)C)cc23)cc1. The third-order valence-corrected chi connectivity index (χ3v) is 15.5. The maximum atomic E-state index is 4.09. The van der Waals surface area contributed by atoms with Crippen LogP contribution in [0, 0.1) is 0 Å². The molecule has 0 aliphatic heterocycles. The van der Waals surface area contributed by atoms with Gasteiger partial charge in [0.1, 0.15) is 0 Å². The second-order valence-corrected chi connectivity index (χ2v) is 26.9. The molecule has 0 aliphatic rings. The molecule has 0 aliphatic carbocycles. The highest BCUT2D eigenvalue weighted by molar-refractivity contribution is 7.19. The van der Waals surface area contributed by atoms with Crippen LogP contribution < -0.4 is 0 Å². The van der Waals surface area contributed by atoms with Crippen LogP contribution in [0.3, 0.4) is 0 Å². The minimum absolute atomic E-state index is 0.0213. The summed E-state index contributed by atoms with van der Waals surface area (Å²) in [6.07, 6.45) is 0. The summed E-state index contributed by atoms with van der Waals surface area (Å²) in [5.41, 5.74) is 20.4. The summed E-state index contributed by atoms with van der Waals surface area (Å²) in [4.78, 5) is 10.7. The molecule has 346 valence electrons. The smallest absolute Gasteiger partial charge is 0.0553 e. The number of aromatic nitrogens is 2. The Morgan fingerprint density at radius 3 is 0.761 bits per heavy atom. The lowest BCUT2D eigenvalue weighted by atomic mass is 9.82. The Kier molecular flexibility index (Phi) is 10.9. The number of aromatic amines is 2. The molecule has 2 N–H and O–H groups in total. The molecular weight excluding hydrogens is 829 g/mol. The Bertz CT molecular complexity index is 3130. The summed E-state index contributed by atoms with van der Waals surface area (Å²) >= 11 is 1.91. The molecule has 3 aromatic heterocycles. The number of H-pyrrole nitrogens is 2. The van der Waals surface area contributed by atoms with Crippen molar-refractivity contribution in [1.82, 2.24) is 9.97 Å². The van der Waals surface area contributed by atoms with Crippen LogP contribution in [-0.2, 0) is 32.5 Å². The van der Waals surface area contributed by atoms with Gasteiger partial charge in [0.05, 0.1) is 22.1 Å². The average Bonchev–Trinajstić information content (AvgIpc) is 3.97. The van der Waals surface area contributed by atoms with Gasteiger partial charge in [-0.1, -0.05) is 173 Å².